The number of carboxylic acids is 3. The van der Waals surface area contributed by atoms with Crippen LogP contribution in [-0.4, -0.2) is 130 Å². The fourth-order valence-electron chi connectivity index (χ4n) is 10.7. The molecule has 0 fully saturated rings. The Morgan fingerprint density at radius 2 is 0.670 bits per heavy atom. The average Bonchev–Trinajstić information content (AvgIpc) is 0.789. The number of carbonyl (C=O) groups is 3. The van der Waals surface area contributed by atoms with Crippen LogP contribution in [0.2, 0.25) is 15.1 Å². The van der Waals surface area contributed by atoms with Gasteiger partial charge in [0, 0.05) is 73.3 Å². The Morgan fingerprint density at radius 1 is 0.426 bits per heavy atom. The molecular formula is C74H67Cl3F4N12O18S4. The molecule has 6 aromatic carbocycles. The minimum Gasteiger partial charge on any atom is -0.481 e. The van der Waals surface area contributed by atoms with E-state index in [1.165, 1.54) is 118 Å². The van der Waals surface area contributed by atoms with E-state index in [-0.39, 0.29) is 120 Å². The Kier molecular flexibility index (Phi) is 29.2. The number of aromatic nitrogens is 9. The summed E-state index contributed by atoms with van der Waals surface area (Å²) in [7, 11) is -8.78. The molecule has 0 radical (unpaired) electrons. The summed E-state index contributed by atoms with van der Waals surface area (Å²) in [5, 5.41) is 27.3. The topological polar surface area (TPSA) is 421 Å². The summed E-state index contributed by atoms with van der Waals surface area (Å²) in [6.07, 6.45) is 9.57. The van der Waals surface area contributed by atoms with Crippen LogP contribution in [0.3, 0.4) is 0 Å². The molecule has 0 spiro atoms. The molecule has 604 valence electrons. The van der Waals surface area contributed by atoms with E-state index in [4.69, 9.17) is 64.3 Å². The van der Waals surface area contributed by atoms with Gasteiger partial charge in [0.05, 0.1) is 106 Å². The molecule has 12 aromatic rings. The van der Waals surface area contributed by atoms with Crippen LogP contribution in [-0.2, 0) is 64.1 Å². The van der Waals surface area contributed by atoms with Crippen molar-refractivity contribution in [1.29, 1.82) is 0 Å². The molecule has 30 nitrogen and oxygen atoms in total. The molecule has 0 saturated carbocycles. The van der Waals surface area contributed by atoms with Crippen molar-refractivity contribution in [3.8, 4) is 51.0 Å². The first-order chi connectivity index (χ1) is 53.9. The molecule has 3 atom stereocenters. The van der Waals surface area contributed by atoms with Crippen molar-refractivity contribution in [1.82, 2.24) is 43.6 Å². The predicted molar refractivity (Wildman–Crippen MR) is 426 cm³/mol. The molecule has 0 aliphatic carbocycles. The summed E-state index contributed by atoms with van der Waals surface area (Å²) >= 11 is 18.1. The number of nitrogens with one attached hydrogen (secondary N) is 3. The monoisotopic (exact) mass is 1720 g/mol. The second-order valence-corrected chi connectivity index (χ2v) is 31.0. The summed E-state index contributed by atoms with van der Waals surface area (Å²) in [6.45, 7) is 4.30. The first-order valence-corrected chi connectivity index (χ1v) is 39.5. The van der Waals surface area contributed by atoms with Crippen LogP contribution in [0.25, 0.3) is 66.1 Å². The Labute approximate surface area is 671 Å². The van der Waals surface area contributed by atoms with Gasteiger partial charge in [0.1, 0.15) is 49.2 Å². The molecule has 1 unspecified atom stereocenters. The van der Waals surface area contributed by atoms with Gasteiger partial charge in [-0.05, 0) is 126 Å². The number of methoxy groups -OCH3 is 3. The molecule has 6 heterocycles. The number of rotatable bonds is 24. The van der Waals surface area contributed by atoms with Gasteiger partial charge in [-0.1, -0.05) is 81.2 Å². The summed E-state index contributed by atoms with van der Waals surface area (Å²) in [5.41, 5.74) is 2.79. The fourth-order valence-corrected chi connectivity index (χ4v) is 15.5. The van der Waals surface area contributed by atoms with Crippen LogP contribution in [0.4, 0.5) is 34.1 Å². The predicted octanol–water partition coefficient (Wildman–Crippen LogP) is 13.2. The number of aliphatic carboxylic acids is 3. The molecule has 6 N–H and O–H groups in total. The fraction of sp³-hybridized carbons (Fsp3) is 0.189. The smallest absolute Gasteiger partial charge is 0.308 e. The molecule has 41 heteroatoms. The number of sulfonamides is 3. The molecule has 115 heavy (non-hydrogen) atoms. The Balaban J connectivity index is 0.000000211. The van der Waals surface area contributed by atoms with E-state index in [1.807, 2.05) is 0 Å². The van der Waals surface area contributed by atoms with E-state index in [1.54, 1.807) is 54.6 Å². The zero-order valence-electron chi connectivity index (χ0n) is 60.2. The highest BCUT2D eigenvalue weighted by Gasteiger charge is 2.27. The summed E-state index contributed by atoms with van der Waals surface area (Å²) in [6, 6.07) is 27.6. The highest BCUT2D eigenvalue weighted by Crippen LogP contribution is 2.37. The Bertz CT molecular complexity index is 5710. The molecule has 0 saturated heterocycles. The van der Waals surface area contributed by atoms with E-state index in [2.05, 4.69) is 44.1 Å². The van der Waals surface area contributed by atoms with Gasteiger partial charge in [-0.15, -0.1) is 0 Å². The molecule has 0 bridgehead atoms. The van der Waals surface area contributed by atoms with Crippen LogP contribution in [0.5, 0.6) is 17.6 Å². The second kappa shape index (κ2) is 37.9. The van der Waals surface area contributed by atoms with Crippen molar-refractivity contribution < 1.29 is 86.2 Å². The maximum absolute atomic E-state index is 13.4. The van der Waals surface area contributed by atoms with E-state index >= 15 is 0 Å². The first kappa shape index (κ1) is 88.8. The standard InChI is InChI=1S/3C24H20ClFN4O6S.CH3FS.CH4/c3*1-13(24(32)33)11-30-12-28-19-5-3-14(7-17(19)23(30)31)15-8-20(22(36-2)27-10-15)29-37(34,35)21-6-4-16(26)9-18(21)25;1-3-2;/h3*3-10,12-13,29H,11H2,1-2H3,(H,32,33);1H3;1H4/t2*13-;;;/m10.../s1. The van der Waals surface area contributed by atoms with Crippen molar-refractivity contribution in [2.75, 3.05) is 41.8 Å². The average molecular weight is 1720 g/mol. The third-order valence-corrected chi connectivity index (χ3v) is 22.1. The van der Waals surface area contributed by atoms with Crippen molar-refractivity contribution in [3.63, 3.8) is 0 Å². The summed E-state index contributed by atoms with van der Waals surface area (Å²) in [4.78, 5) is 96.8. The lowest BCUT2D eigenvalue weighted by Crippen LogP contribution is -2.26. The van der Waals surface area contributed by atoms with Crippen LogP contribution >= 0.6 is 47.0 Å². The van der Waals surface area contributed by atoms with Crippen LogP contribution in [0.15, 0.2) is 194 Å². The van der Waals surface area contributed by atoms with Gasteiger partial charge < -0.3 is 29.5 Å². The van der Waals surface area contributed by atoms with Gasteiger partial charge in [0.25, 0.3) is 46.7 Å². The first-order valence-electron chi connectivity index (χ1n) is 32.8. The SMILES string of the molecule is C.COc1ncc(-c2ccc3ncn(CC(C)C(=O)O)c(=O)c3c2)cc1NS(=O)(=O)c1ccc(F)cc1Cl.COc1ncc(-c2ccc3ncn(C[C@@H](C)C(=O)O)c(=O)c3c2)cc1NS(=O)(=O)c1ccc(F)cc1Cl.COc1ncc(-c2ccc3ncn(C[C@H](C)C(=O)O)c(=O)c3c2)cc1NS(=O)(=O)c1ccc(F)cc1Cl.CSF. The van der Waals surface area contributed by atoms with Crippen LogP contribution in [0.1, 0.15) is 28.2 Å². The molecule has 0 aliphatic heterocycles. The van der Waals surface area contributed by atoms with Gasteiger partial charge in [0.15, 0.2) is 0 Å². The quantitative estimate of drug-likeness (QED) is 0.0306. The minimum absolute atomic E-state index is 0. The number of nitrogens with zero attached hydrogens (tertiary/aromatic N) is 9. The number of anilines is 3. The van der Waals surface area contributed by atoms with E-state index < -0.39 is 99.9 Å². The third-order valence-electron chi connectivity index (χ3n) is 16.6. The van der Waals surface area contributed by atoms with Gasteiger partial charge in [-0.3, -0.25) is 56.6 Å². The number of halogens is 7. The van der Waals surface area contributed by atoms with Crippen molar-refractivity contribution in [2.45, 2.75) is 62.5 Å². The number of fused-ring (bicyclic) bond motifs is 3. The number of hydrogen-bond donors (Lipinski definition) is 6. The third kappa shape index (κ3) is 21.4. The van der Waals surface area contributed by atoms with Crippen molar-refractivity contribution >= 4 is 145 Å². The number of benzene rings is 6. The Hall–Kier alpha value is -11.8. The van der Waals surface area contributed by atoms with Crippen molar-refractivity contribution in [3.05, 3.63) is 229 Å². The van der Waals surface area contributed by atoms with Crippen LogP contribution < -0.4 is 45.1 Å². The van der Waals surface area contributed by atoms with Crippen molar-refractivity contribution in [2.24, 2.45) is 17.8 Å². The second-order valence-electron chi connectivity index (χ2n) is 24.6. The highest BCUT2D eigenvalue weighted by molar-refractivity contribution is 7.93. The van der Waals surface area contributed by atoms with Crippen LogP contribution in [0, 0.1) is 35.2 Å². The zero-order chi connectivity index (χ0) is 83.4. The van der Waals surface area contributed by atoms with Gasteiger partial charge in [-0.25, -0.2) is 68.3 Å². The van der Waals surface area contributed by atoms with E-state index in [9.17, 15) is 71.1 Å². The molecule has 12 rings (SSSR count). The highest BCUT2D eigenvalue weighted by atomic mass is 35.5. The summed E-state index contributed by atoms with van der Waals surface area (Å²) in [5.74, 6) is -7.66. The Morgan fingerprint density at radius 3 is 0.887 bits per heavy atom. The maximum atomic E-state index is 13.4. The number of hydrogen-bond acceptors (Lipinski definition) is 22. The lowest BCUT2D eigenvalue weighted by molar-refractivity contribution is -0.142. The molecule has 0 amide bonds. The minimum atomic E-state index is -4.24. The zero-order valence-corrected chi connectivity index (χ0v) is 65.7. The maximum Gasteiger partial charge on any atom is 0.308 e. The van der Waals surface area contributed by atoms with Gasteiger partial charge in [-0.2, -0.15) is 3.89 Å². The lowest BCUT2D eigenvalue weighted by Gasteiger charge is -2.14. The molecular weight excluding hydrogens is 1660 g/mol. The van der Waals surface area contributed by atoms with Gasteiger partial charge >= 0.3 is 17.9 Å². The number of carboxylic acid groups (broad SMARTS) is 3. The lowest BCUT2D eigenvalue weighted by atomic mass is 10.0. The molecule has 6 aromatic heterocycles. The molecule has 0 aliphatic rings. The number of pyridine rings is 3. The van der Waals surface area contributed by atoms with E-state index in [0.717, 1.165) is 54.6 Å². The number of ether oxygens (including phenoxy) is 3. The summed E-state index contributed by atoms with van der Waals surface area (Å²) < 4.78 is 154. The normalized spacial score (nSPS) is 12.1. The van der Waals surface area contributed by atoms with E-state index in [0.29, 0.717) is 49.9 Å². The largest absolute Gasteiger partial charge is 0.481 e. The van der Waals surface area contributed by atoms with Gasteiger partial charge in [0.2, 0.25) is 17.6 Å².